The van der Waals surface area contributed by atoms with E-state index in [1.54, 1.807) is 18.2 Å². The molecule has 7 heteroatoms. The highest BCUT2D eigenvalue weighted by atomic mass is 35.5. The van der Waals surface area contributed by atoms with Gasteiger partial charge in [0.05, 0.1) is 5.71 Å². The van der Waals surface area contributed by atoms with Crippen molar-refractivity contribution in [1.82, 2.24) is 0 Å². The van der Waals surface area contributed by atoms with Crippen LogP contribution in [-0.4, -0.2) is 24.5 Å². The summed E-state index contributed by atoms with van der Waals surface area (Å²) in [5.41, 5.74) is 0.722. The second-order valence-electron chi connectivity index (χ2n) is 5.09. The first-order valence-corrected chi connectivity index (χ1v) is 7.17. The van der Waals surface area contributed by atoms with Crippen LogP contribution in [0.1, 0.15) is 11.1 Å². The van der Waals surface area contributed by atoms with Gasteiger partial charge in [-0.3, -0.25) is 4.99 Å². The third kappa shape index (κ3) is 3.17. The first-order chi connectivity index (χ1) is 10.9. The van der Waals surface area contributed by atoms with E-state index >= 15 is 0 Å². The van der Waals surface area contributed by atoms with Crippen molar-refractivity contribution in [3.05, 3.63) is 64.4 Å². The van der Waals surface area contributed by atoms with Crippen molar-refractivity contribution in [2.24, 2.45) is 4.99 Å². The normalized spacial score (nSPS) is 17.8. The number of nitrogens with zero attached hydrogens (tertiary/aromatic N) is 1. The lowest BCUT2D eigenvalue weighted by atomic mass is 10.00. The number of hydrogen-bond donors (Lipinski definition) is 1. The molecule has 3 rings (SSSR count). The number of alkyl halides is 3. The van der Waals surface area contributed by atoms with Crippen molar-refractivity contribution < 1.29 is 17.6 Å². The van der Waals surface area contributed by atoms with Gasteiger partial charge in [0, 0.05) is 28.4 Å². The summed E-state index contributed by atoms with van der Waals surface area (Å²) in [5, 5.41) is 3.05. The fraction of sp³-hybridized carbons (Fsp3) is 0.188. The third-order valence-corrected chi connectivity index (χ3v) is 3.75. The maximum atomic E-state index is 14.1. The minimum atomic E-state index is -4.53. The molecule has 0 aromatic heterocycles. The second-order valence-corrected chi connectivity index (χ2v) is 5.52. The average molecular weight is 343 g/mol. The van der Waals surface area contributed by atoms with Crippen molar-refractivity contribution >= 4 is 23.0 Å². The molecule has 0 saturated heterocycles. The smallest absolute Gasteiger partial charge is 0.382 e. The van der Waals surface area contributed by atoms with Crippen LogP contribution in [-0.2, 0) is 0 Å². The molecule has 1 aliphatic heterocycles. The molecule has 0 radical (unpaired) electrons. The zero-order chi connectivity index (χ0) is 16.6. The zero-order valence-corrected chi connectivity index (χ0v) is 12.4. The molecule has 23 heavy (non-hydrogen) atoms. The van der Waals surface area contributed by atoms with Gasteiger partial charge in [-0.25, -0.2) is 4.39 Å². The van der Waals surface area contributed by atoms with Gasteiger partial charge in [-0.1, -0.05) is 23.7 Å². The Morgan fingerprint density at radius 3 is 2.52 bits per heavy atom. The van der Waals surface area contributed by atoms with Crippen molar-refractivity contribution in [1.29, 1.82) is 0 Å². The molecular weight excluding hydrogens is 332 g/mol. The molecule has 2 nitrogen and oxygen atoms in total. The molecule has 2 aromatic rings. The summed E-state index contributed by atoms with van der Waals surface area (Å²) in [6.07, 6.45) is -4.53. The van der Waals surface area contributed by atoms with Crippen LogP contribution in [0.25, 0.3) is 0 Å². The topological polar surface area (TPSA) is 24.4 Å². The predicted molar refractivity (Wildman–Crippen MR) is 81.8 cm³/mol. The van der Waals surface area contributed by atoms with Crippen LogP contribution in [0.3, 0.4) is 0 Å². The second kappa shape index (κ2) is 5.85. The lowest BCUT2D eigenvalue weighted by molar-refractivity contribution is -0.143. The van der Waals surface area contributed by atoms with E-state index in [0.29, 0.717) is 16.3 Å². The van der Waals surface area contributed by atoms with E-state index in [2.05, 4.69) is 10.3 Å². The summed E-state index contributed by atoms with van der Waals surface area (Å²) in [6, 6.07) is 8.23. The SMILES string of the molecule is Fc1ccccc1C1=N[C@H](C(F)(F)F)CNc2ccc(Cl)cc21. The number of fused-ring (bicyclic) bond motifs is 1. The van der Waals surface area contributed by atoms with Gasteiger partial charge < -0.3 is 5.32 Å². The summed E-state index contributed by atoms with van der Waals surface area (Å²) >= 11 is 5.95. The predicted octanol–water partition coefficient (Wildman–Crippen LogP) is 4.67. The van der Waals surface area contributed by atoms with Crippen LogP contribution < -0.4 is 5.32 Å². The molecular formula is C16H11ClF4N2. The van der Waals surface area contributed by atoms with Gasteiger partial charge in [0.15, 0.2) is 6.04 Å². The van der Waals surface area contributed by atoms with E-state index in [0.717, 1.165) is 0 Å². The van der Waals surface area contributed by atoms with Crippen LogP contribution in [0.4, 0.5) is 23.2 Å². The fourth-order valence-electron chi connectivity index (χ4n) is 2.40. The van der Waals surface area contributed by atoms with Gasteiger partial charge in [-0.05, 0) is 30.3 Å². The summed E-state index contributed by atoms with van der Waals surface area (Å²) in [4.78, 5) is 3.79. The molecule has 0 saturated carbocycles. The Balaban J connectivity index is 2.23. The molecule has 0 unspecified atom stereocenters. The molecule has 120 valence electrons. The quantitative estimate of drug-likeness (QED) is 0.748. The Morgan fingerprint density at radius 1 is 1.09 bits per heavy atom. The number of hydrogen-bond acceptors (Lipinski definition) is 2. The van der Waals surface area contributed by atoms with Gasteiger partial charge in [-0.15, -0.1) is 0 Å². The highest BCUT2D eigenvalue weighted by molar-refractivity contribution is 6.31. The van der Waals surface area contributed by atoms with E-state index in [4.69, 9.17) is 11.6 Å². The lowest BCUT2D eigenvalue weighted by Gasteiger charge is -2.15. The molecule has 0 aliphatic carbocycles. The molecule has 2 aromatic carbocycles. The Morgan fingerprint density at radius 2 is 1.83 bits per heavy atom. The van der Waals surface area contributed by atoms with Gasteiger partial charge in [0.25, 0.3) is 0 Å². The molecule has 1 N–H and O–H groups in total. The van der Waals surface area contributed by atoms with E-state index < -0.39 is 24.6 Å². The van der Waals surface area contributed by atoms with Gasteiger partial charge in [0.2, 0.25) is 0 Å². The first-order valence-electron chi connectivity index (χ1n) is 6.79. The van der Waals surface area contributed by atoms with Crippen LogP contribution in [0.5, 0.6) is 0 Å². The Bertz CT molecular complexity index is 771. The Labute approximate surface area is 134 Å². The molecule has 1 aliphatic rings. The molecule has 1 heterocycles. The summed E-state index contributed by atoms with van der Waals surface area (Å²) in [7, 11) is 0. The van der Waals surface area contributed by atoms with Crippen LogP contribution in [0, 0.1) is 5.82 Å². The summed E-state index contributed by atoms with van der Waals surface area (Å²) in [5.74, 6) is -0.639. The number of anilines is 1. The van der Waals surface area contributed by atoms with Crippen molar-refractivity contribution in [3.8, 4) is 0 Å². The number of nitrogens with one attached hydrogen (secondary N) is 1. The summed E-state index contributed by atoms with van der Waals surface area (Å²) in [6.45, 7) is -0.421. The highest BCUT2D eigenvalue weighted by Crippen LogP contribution is 2.32. The maximum Gasteiger partial charge on any atom is 0.412 e. The lowest BCUT2D eigenvalue weighted by Crippen LogP contribution is -2.33. The number of aliphatic imine (C=N–C) groups is 1. The van der Waals surface area contributed by atoms with Gasteiger partial charge in [-0.2, -0.15) is 13.2 Å². The van der Waals surface area contributed by atoms with E-state index in [1.807, 2.05) is 0 Å². The maximum absolute atomic E-state index is 14.1. The zero-order valence-electron chi connectivity index (χ0n) is 11.7. The minimum absolute atomic E-state index is 0.00830. The standard InChI is InChI=1S/C16H11ClF4N2/c17-9-5-6-13-11(7-9)15(10-3-1-2-4-12(10)18)23-14(8-22-13)16(19,20)21/h1-7,14,22H,8H2/t14-/m0/s1. The third-order valence-electron chi connectivity index (χ3n) is 3.51. The van der Waals surface area contributed by atoms with Crippen molar-refractivity contribution in [2.45, 2.75) is 12.2 Å². The monoisotopic (exact) mass is 342 g/mol. The molecule has 0 bridgehead atoms. The largest absolute Gasteiger partial charge is 0.412 e. The fourth-order valence-corrected chi connectivity index (χ4v) is 2.57. The van der Waals surface area contributed by atoms with Crippen molar-refractivity contribution in [2.75, 3.05) is 11.9 Å². The minimum Gasteiger partial charge on any atom is -0.382 e. The average Bonchev–Trinajstić information content (AvgIpc) is 2.67. The van der Waals surface area contributed by atoms with Gasteiger partial charge >= 0.3 is 6.18 Å². The van der Waals surface area contributed by atoms with Gasteiger partial charge in [0.1, 0.15) is 5.82 Å². The molecule has 0 amide bonds. The van der Waals surface area contributed by atoms with Crippen molar-refractivity contribution in [3.63, 3.8) is 0 Å². The number of halogens is 5. The Hall–Kier alpha value is -2.08. The molecule has 0 fully saturated rings. The van der Waals surface area contributed by atoms with Crippen LogP contribution in [0.2, 0.25) is 5.02 Å². The number of benzodiazepines with no additional fused rings is 1. The highest BCUT2D eigenvalue weighted by Gasteiger charge is 2.41. The number of rotatable bonds is 1. The Kier molecular flexibility index (Phi) is 4.02. The van der Waals surface area contributed by atoms with E-state index in [1.165, 1.54) is 24.3 Å². The first kappa shape index (κ1) is 15.8. The molecule has 0 spiro atoms. The van der Waals surface area contributed by atoms with E-state index in [9.17, 15) is 17.6 Å². The number of benzene rings is 2. The van der Waals surface area contributed by atoms with E-state index in [-0.39, 0.29) is 11.3 Å². The molecule has 1 atom stereocenters. The van der Waals surface area contributed by atoms with Crippen LogP contribution >= 0.6 is 11.6 Å². The summed E-state index contributed by atoms with van der Waals surface area (Å²) < 4.78 is 53.6. The van der Waals surface area contributed by atoms with Crippen LogP contribution in [0.15, 0.2) is 47.5 Å².